The molecule has 0 aliphatic heterocycles. The molecule has 0 saturated carbocycles. The van der Waals surface area contributed by atoms with Gasteiger partial charge in [-0.05, 0) is 12.3 Å². The van der Waals surface area contributed by atoms with E-state index in [2.05, 4.69) is 0 Å². The topological polar surface area (TPSA) is 91.8 Å². The first-order valence-corrected chi connectivity index (χ1v) is 8.35. The minimum atomic E-state index is -3.06. The lowest BCUT2D eigenvalue weighted by Crippen LogP contribution is -2.36. The predicted octanol–water partition coefficient (Wildman–Crippen LogP) is 0.770. The minimum Gasteiger partial charge on any atom is -0.481 e. The van der Waals surface area contributed by atoms with Gasteiger partial charge in [-0.1, -0.05) is 13.8 Å². The van der Waals surface area contributed by atoms with Crippen molar-refractivity contribution in [2.45, 2.75) is 33.1 Å². The fourth-order valence-electron chi connectivity index (χ4n) is 1.63. The number of amides is 1. The van der Waals surface area contributed by atoms with Crippen LogP contribution in [0.2, 0.25) is 0 Å². The molecule has 0 heterocycles. The highest BCUT2D eigenvalue weighted by molar-refractivity contribution is 7.90. The molecule has 6 nitrogen and oxygen atoms in total. The molecule has 0 aromatic carbocycles. The summed E-state index contributed by atoms with van der Waals surface area (Å²) in [4.78, 5) is 24.0. The van der Waals surface area contributed by atoms with Crippen LogP contribution in [0.3, 0.4) is 0 Å². The SMILES string of the molecule is CC(C)CN(CCC(=O)O)C(=O)CCCS(C)(=O)=O. The van der Waals surface area contributed by atoms with Crippen LogP contribution in [0.1, 0.15) is 33.1 Å². The van der Waals surface area contributed by atoms with Gasteiger partial charge in [-0.15, -0.1) is 0 Å². The van der Waals surface area contributed by atoms with Gasteiger partial charge in [-0.25, -0.2) is 8.42 Å². The normalized spacial score (nSPS) is 11.6. The van der Waals surface area contributed by atoms with Crippen molar-refractivity contribution in [2.24, 2.45) is 5.92 Å². The smallest absolute Gasteiger partial charge is 0.305 e. The third kappa shape index (κ3) is 10.5. The van der Waals surface area contributed by atoms with E-state index < -0.39 is 15.8 Å². The molecule has 0 saturated heterocycles. The van der Waals surface area contributed by atoms with Crippen LogP contribution in [-0.2, 0) is 19.4 Å². The summed E-state index contributed by atoms with van der Waals surface area (Å²) in [6.07, 6.45) is 1.46. The lowest BCUT2D eigenvalue weighted by atomic mass is 10.2. The van der Waals surface area contributed by atoms with E-state index in [1.807, 2.05) is 13.8 Å². The number of carboxylic acid groups (broad SMARTS) is 1. The number of carboxylic acids is 1. The summed E-state index contributed by atoms with van der Waals surface area (Å²) in [6, 6.07) is 0. The van der Waals surface area contributed by atoms with E-state index >= 15 is 0 Å². The lowest BCUT2D eigenvalue weighted by molar-refractivity contribution is -0.138. The van der Waals surface area contributed by atoms with Gasteiger partial charge >= 0.3 is 5.97 Å². The first-order chi connectivity index (χ1) is 8.61. The monoisotopic (exact) mass is 293 g/mol. The van der Waals surface area contributed by atoms with Gasteiger partial charge in [0.15, 0.2) is 0 Å². The van der Waals surface area contributed by atoms with Gasteiger partial charge in [0, 0.05) is 25.8 Å². The molecule has 1 amide bonds. The van der Waals surface area contributed by atoms with Crippen LogP contribution in [0.5, 0.6) is 0 Å². The zero-order valence-electron chi connectivity index (χ0n) is 11.8. The number of carbonyl (C=O) groups is 2. The van der Waals surface area contributed by atoms with Crippen molar-refractivity contribution in [3.63, 3.8) is 0 Å². The molecule has 0 aliphatic carbocycles. The molecule has 0 aromatic heterocycles. The van der Waals surface area contributed by atoms with Gasteiger partial charge in [0.1, 0.15) is 9.84 Å². The molecule has 0 atom stereocenters. The van der Waals surface area contributed by atoms with E-state index in [1.54, 1.807) is 0 Å². The van der Waals surface area contributed by atoms with Gasteiger partial charge in [0.05, 0.1) is 12.2 Å². The van der Waals surface area contributed by atoms with Crippen molar-refractivity contribution >= 4 is 21.7 Å². The first kappa shape index (κ1) is 17.9. The Balaban J connectivity index is 4.32. The number of hydrogen-bond acceptors (Lipinski definition) is 4. The summed E-state index contributed by atoms with van der Waals surface area (Å²) in [5.74, 6) is -0.906. The molecule has 1 N–H and O–H groups in total. The molecular formula is C12H23NO5S. The summed E-state index contributed by atoms with van der Waals surface area (Å²) in [5, 5.41) is 8.64. The van der Waals surface area contributed by atoms with E-state index in [0.717, 1.165) is 6.26 Å². The molecule has 0 radical (unpaired) electrons. The highest BCUT2D eigenvalue weighted by Gasteiger charge is 2.16. The van der Waals surface area contributed by atoms with Crippen LogP contribution in [-0.4, -0.2) is 55.4 Å². The van der Waals surface area contributed by atoms with Crippen LogP contribution in [0, 0.1) is 5.92 Å². The number of rotatable bonds is 9. The van der Waals surface area contributed by atoms with E-state index in [-0.39, 0.29) is 43.4 Å². The Labute approximate surface area is 114 Å². The quantitative estimate of drug-likeness (QED) is 0.678. The number of carbonyl (C=O) groups excluding carboxylic acids is 1. The highest BCUT2D eigenvalue weighted by atomic mass is 32.2. The molecule has 19 heavy (non-hydrogen) atoms. The summed E-state index contributed by atoms with van der Waals surface area (Å²) in [6.45, 7) is 4.55. The van der Waals surface area contributed by atoms with Crippen molar-refractivity contribution in [3.8, 4) is 0 Å². The average molecular weight is 293 g/mol. The van der Waals surface area contributed by atoms with Gasteiger partial charge in [-0.2, -0.15) is 0 Å². The maximum atomic E-state index is 11.9. The second-order valence-corrected chi connectivity index (χ2v) is 7.37. The summed E-state index contributed by atoms with van der Waals surface area (Å²) in [5.41, 5.74) is 0. The number of hydrogen-bond donors (Lipinski definition) is 1. The van der Waals surface area contributed by atoms with E-state index in [0.29, 0.717) is 6.54 Å². The third-order valence-electron chi connectivity index (χ3n) is 2.44. The number of nitrogens with zero attached hydrogens (tertiary/aromatic N) is 1. The molecule has 0 bridgehead atoms. The van der Waals surface area contributed by atoms with Crippen LogP contribution < -0.4 is 0 Å². The Morgan fingerprint density at radius 3 is 2.21 bits per heavy atom. The van der Waals surface area contributed by atoms with Crippen LogP contribution in [0.25, 0.3) is 0 Å². The Morgan fingerprint density at radius 1 is 1.21 bits per heavy atom. The Kier molecular flexibility index (Phi) is 7.66. The van der Waals surface area contributed by atoms with Crippen LogP contribution in [0.15, 0.2) is 0 Å². The maximum Gasteiger partial charge on any atom is 0.305 e. The van der Waals surface area contributed by atoms with E-state index in [9.17, 15) is 18.0 Å². The van der Waals surface area contributed by atoms with E-state index in [1.165, 1.54) is 4.90 Å². The Bertz CT molecular complexity index is 402. The van der Waals surface area contributed by atoms with Crippen LogP contribution in [0.4, 0.5) is 0 Å². The van der Waals surface area contributed by atoms with Crippen molar-refractivity contribution in [3.05, 3.63) is 0 Å². The second kappa shape index (κ2) is 8.14. The first-order valence-electron chi connectivity index (χ1n) is 6.29. The van der Waals surface area contributed by atoms with Crippen molar-refractivity contribution in [1.29, 1.82) is 0 Å². The van der Waals surface area contributed by atoms with Crippen molar-refractivity contribution in [1.82, 2.24) is 4.90 Å². The van der Waals surface area contributed by atoms with Crippen molar-refractivity contribution < 1.29 is 23.1 Å². The second-order valence-electron chi connectivity index (χ2n) is 5.11. The Morgan fingerprint density at radius 2 is 1.79 bits per heavy atom. The largest absolute Gasteiger partial charge is 0.481 e. The molecule has 0 unspecified atom stereocenters. The number of aliphatic carboxylic acids is 1. The standard InChI is InChI=1S/C12H23NO5S/c1-10(2)9-13(7-6-12(15)16)11(14)5-4-8-19(3,17)18/h10H,4-9H2,1-3H3,(H,15,16). The molecular weight excluding hydrogens is 270 g/mol. The molecule has 112 valence electrons. The molecule has 7 heteroatoms. The van der Waals surface area contributed by atoms with Crippen molar-refractivity contribution in [2.75, 3.05) is 25.1 Å². The van der Waals surface area contributed by atoms with Gasteiger partial charge in [-0.3, -0.25) is 9.59 Å². The maximum absolute atomic E-state index is 11.9. The summed E-state index contributed by atoms with van der Waals surface area (Å²) < 4.78 is 21.9. The van der Waals surface area contributed by atoms with Gasteiger partial charge in [0.2, 0.25) is 5.91 Å². The lowest BCUT2D eigenvalue weighted by Gasteiger charge is -2.24. The average Bonchev–Trinajstić information content (AvgIpc) is 2.21. The zero-order chi connectivity index (χ0) is 15.1. The fourth-order valence-corrected chi connectivity index (χ4v) is 2.30. The zero-order valence-corrected chi connectivity index (χ0v) is 12.6. The molecule has 0 aromatic rings. The predicted molar refractivity (Wildman–Crippen MR) is 72.6 cm³/mol. The summed E-state index contributed by atoms with van der Waals surface area (Å²) in [7, 11) is -3.06. The molecule has 0 fully saturated rings. The summed E-state index contributed by atoms with van der Waals surface area (Å²) >= 11 is 0. The Hall–Kier alpha value is -1.11. The fraction of sp³-hybridized carbons (Fsp3) is 0.833. The van der Waals surface area contributed by atoms with E-state index in [4.69, 9.17) is 5.11 Å². The minimum absolute atomic E-state index is 0.0206. The van der Waals surface area contributed by atoms with Gasteiger partial charge < -0.3 is 10.0 Å². The molecule has 0 spiro atoms. The molecule has 0 aliphatic rings. The molecule has 0 rings (SSSR count). The number of sulfone groups is 1. The van der Waals surface area contributed by atoms with Crippen LogP contribution >= 0.6 is 0 Å². The van der Waals surface area contributed by atoms with Gasteiger partial charge in [0.25, 0.3) is 0 Å². The third-order valence-corrected chi connectivity index (χ3v) is 3.47. The highest BCUT2D eigenvalue weighted by Crippen LogP contribution is 2.05.